The molecule has 2 N–H and O–H groups in total. The standard InChI is InChI=1S/C30H45N3O6S/c1-21-10-13-26(14-11-21)40(36,37)31-25-12-15-28-27(17-25)30(35)33(23(3)20-34)18-22(2)29(19-32(5)6)38-16-8-7-9-24(4)39-28/h10-15,17,22-24,29,31,34H,7-9,16,18-20H2,1-6H3/t22-,23+,24+,29+/m1/s1. The minimum Gasteiger partial charge on any atom is -0.490 e. The van der Waals surface area contributed by atoms with Gasteiger partial charge in [0.1, 0.15) is 5.75 Å². The van der Waals surface area contributed by atoms with Gasteiger partial charge in [-0.3, -0.25) is 9.52 Å². The Kier molecular flexibility index (Phi) is 11.4. The molecule has 1 aliphatic rings. The van der Waals surface area contributed by atoms with Gasteiger partial charge in [-0.2, -0.15) is 0 Å². The van der Waals surface area contributed by atoms with Crippen molar-refractivity contribution in [2.24, 2.45) is 5.92 Å². The summed E-state index contributed by atoms with van der Waals surface area (Å²) in [4.78, 5) is 18.0. The first-order valence-electron chi connectivity index (χ1n) is 14.0. The number of likely N-dealkylation sites (N-methyl/N-ethyl adjacent to an activating group) is 1. The zero-order valence-corrected chi connectivity index (χ0v) is 25.4. The molecule has 0 bridgehead atoms. The van der Waals surface area contributed by atoms with E-state index in [1.165, 1.54) is 6.07 Å². The Bertz CT molecular complexity index is 1220. The van der Waals surface area contributed by atoms with Crippen LogP contribution in [0.15, 0.2) is 47.4 Å². The highest BCUT2D eigenvalue weighted by atomic mass is 32.2. The molecular formula is C30H45N3O6S. The lowest BCUT2D eigenvalue weighted by Crippen LogP contribution is -2.47. The third kappa shape index (κ3) is 8.67. The Morgan fingerprint density at radius 2 is 1.82 bits per heavy atom. The number of carbonyl (C=O) groups excluding carboxylic acids is 1. The molecule has 3 rings (SSSR count). The number of carbonyl (C=O) groups is 1. The molecule has 9 nitrogen and oxygen atoms in total. The van der Waals surface area contributed by atoms with Crippen molar-refractivity contribution in [1.29, 1.82) is 0 Å². The van der Waals surface area contributed by atoms with E-state index in [1.807, 2.05) is 27.9 Å². The smallest absolute Gasteiger partial charge is 0.261 e. The second-order valence-electron chi connectivity index (χ2n) is 11.2. The Morgan fingerprint density at radius 1 is 1.12 bits per heavy atom. The first kappa shape index (κ1) is 31.9. The van der Waals surface area contributed by atoms with Gasteiger partial charge < -0.3 is 24.4 Å². The van der Waals surface area contributed by atoms with Crippen LogP contribution in [0, 0.1) is 12.8 Å². The van der Waals surface area contributed by atoms with Crippen LogP contribution in [0.2, 0.25) is 0 Å². The summed E-state index contributed by atoms with van der Waals surface area (Å²) in [6.07, 6.45) is 2.33. The zero-order valence-electron chi connectivity index (χ0n) is 24.6. The summed E-state index contributed by atoms with van der Waals surface area (Å²) in [6, 6.07) is 10.9. The van der Waals surface area contributed by atoms with E-state index in [-0.39, 0.29) is 46.8 Å². The number of benzene rings is 2. The number of aliphatic hydroxyl groups excluding tert-OH is 1. The van der Waals surface area contributed by atoms with Crippen LogP contribution in [0.3, 0.4) is 0 Å². The maximum atomic E-state index is 14.1. The Balaban J connectivity index is 2.02. The van der Waals surface area contributed by atoms with Gasteiger partial charge in [0.15, 0.2) is 0 Å². The molecule has 0 saturated heterocycles. The lowest BCUT2D eigenvalue weighted by molar-refractivity contribution is -0.0137. The number of sulfonamides is 1. The predicted molar refractivity (Wildman–Crippen MR) is 157 cm³/mol. The lowest BCUT2D eigenvalue weighted by Gasteiger charge is -2.35. The van der Waals surface area contributed by atoms with Crippen molar-refractivity contribution in [3.8, 4) is 5.75 Å². The predicted octanol–water partition coefficient (Wildman–Crippen LogP) is 4.15. The number of ether oxygens (including phenoxy) is 2. The molecule has 10 heteroatoms. The van der Waals surface area contributed by atoms with E-state index in [9.17, 15) is 18.3 Å². The monoisotopic (exact) mass is 575 g/mol. The average Bonchev–Trinajstić information content (AvgIpc) is 2.90. The molecule has 0 saturated carbocycles. The third-order valence-corrected chi connectivity index (χ3v) is 8.58. The highest BCUT2D eigenvalue weighted by molar-refractivity contribution is 7.92. The maximum absolute atomic E-state index is 14.1. The van der Waals surface area contributed by atoms with E-state index in [1.54, 1.807) is 48.2 Å². The van der Waals surface area contributed by atoms with Crippen molar-refractivity contribution in [3.63, 3.8) is 0 Å². The molecule has 1 amide bonds. The molecule has 2 aromatic carbocycles. The van der Waals surface area contributed by atoms with Crippen molar-refractivity contribution in [1.82, 2.24) is 9.80 Å². The number of aryl methyl sites for hydroxylation is 1. The normalized spacial score (nSPS) is 22.2. The number of aliphatic hydroxyl groups is 1. The molecule has 0 fully saturated rings. The van der Waals surface area contributed by atoms with Gasteiger partial charge >= 0.3 is 0 Å². The van der Waals surface area contributed by atoms with E-state index in [4.69, 9.17) is 9.47 Å². The fourth-order valence-corrected chi connectivity index (χ4v) is 5.79. The molecule has 0 spiro atoms. The molecule has 1 heterocycles. The number of nitrogens with zero attached hydrogens (tertiary/aromatic N) is 2. The van der Waals surface area contributed by atoms with Crippen LogP contribution in [-0.4, -0.2) is 87.9 Å². The first-order chi connectivity index (χ1) is 18.9. The van der Waals surface area contributed by atoms with Crippen molar-refractivity contribution in [2.45, 2.75) is 70.1 Å². The van der Waals surface area contributed by atoms with Crippen LogP contribution in [-0.2, 0) is 14.8 Å². The van der Waals surface area contributed by atoms with Crippen molar-refractivity contribution in [2.75, 3.05) is 45.1 Å². The molecule has 1 aliphatic heterocycles. The van der Waals surface area contributed by atoms with Crippen LogP contribution >= 0.6 is 0 Å². The fourth-order valence-electron chi connectivity index (χ4n) is 4.74. The molecule has 0 aliphatic carbocycles. The van der Waals surface area contributed by atoms with Crippen LogP contribution in [0.5, 0.6) is 5.75 Å². The van der Waals surface area contributed by atoms with Gasteiger partial charge in [-0.05, 0) is 84.5 Å². The maximum Gasteiger partial charge on any atom is 0.261 e. The summed E-state index contributed by atoms with van der Waals surface area (Å²) < 4.78 is 41.3. The summed E-state index contributed by atoms with van der Waals surface area (Å²) in [5.41, 5.74) is 1.45. The molecule has 4 atom stereocenters. The quantitative estimate of drug-likeness (QED) is 0.511. The number of fused-ring (bicyclic) bond motifs is 1. The van der Waals surface area contributed by atoms with Gasteiger partial charge in [-0.1, -0.05) is 24.6 Å². The summed E-state index contributed by atoms with van der Waals surface area (Å²) in [5, 5.41) is 10.1. The van der Waals surface area contributed by atoms with Crippen LogP contribution in [0.4, 0.5) is 5.69 Å². The van der Waals surface area contributed by atoms with Gasteiger partial charge in [0, 0.05) is 31.3 Å². The van der Waals surface area contributed by atoms with E-state index in [0.29, 0.717) is 25.4 Å². The molecule has 0 unspecified atom stereocenters. The second kappa shape index (κ2) is 14.3. The van der Waals surface area contributed by atoms with E-state index < -0.39 is 16.1 Å². The molecule has 2 aromatic rings. The number of hydrogen-bond acceptors (Lipinski definition) is 7. The summed E-state index contributed by atoms with van der Waals surface area (Å²) in [6.45, 7) is 9.16. The van der Waals surface area contributed by atoms with Crippen molar-refractivity contribution >= 4 is 21.6 Å². The third-order valence-electron chi connectivity index (χ3n) is 7.18. The molecular weight excluding hydrogens is 530 g/mol. The number of nitrogens with one attached hydrogen (secondary N) is 1. The first-order valence-corrected chi connectivity index (χ1v) is 15.5. The second-order valence-corrected chi connectivity index (χ2v) is 12.9. The number of hydrogen-bond donors (Lipinski definition) is 2. The van der Waals surface area contributed by atoms with E-state index in [2.05, 4.69) is 16.5 Å². The van der Waals surface area contributed by atoms with Crippen LogP contribution in [0.1, 0.15) is 56.0 Å². The van der Waals surface area contributed by atoms with Gasteiger partial charge in [0.2, 0.25) is 0 Å². The van der Waals surface area contributed by atoms with Crippen LogP contribution in [0.25, 0.3) is 0 Å². The summed E-state index contributed by atoms with van der Waals surface area (Å²) in [5.74, 6) is 0.0270. The summed E-state index contributed by atoms with van der Waals surface area (Å²) >= 11 is 0. The van der Waals surface area contributed by atoms with Crippen LogP contribution < -0.4 is 9.46 Å². The SMILES string of the molecule is Cc1ccc(S(=O)(=O)Nc2ccc3c(c2)C(=O)N([C@@H](C)CO)C[C@@H](C)[C@H](CN(C)C)OCCCC[C@H](C)O3)cc1. The number of anilines is 1. The van der Waals surface area contributed by atoms with Gasteiger partial charge in [-0.15, -0.1) is 0 Å². The van der Waals surface area contributed by atoms with Crippen molar-refractivity contribution < 1.29 is 27.8 Å². The van der Waals surface area contributed by atoms with Crippen molar-refractivity contribution in [3.05, 3.63) is 53.6 Å². The van der Waals surface area contributed by atoms with E-state index >= 15 is 0 Å². The Hall–Kier alpha value is -2.66. The number of rotatable bonds is 7. The van der Waals surface area contributed by atoms with E-state index in [0.717, 1.165) is 24.8 Å². The fraction of sp³-hybridized carbons (Fsp3) is 0.567. The highest BCUT2D eigenvalue weighted by Crippen LogP contribution is 2.29. The lowest BCUT2D eigenvalue weighted by atomic mass is 10.0. The molecule has 0 aromatic heterocycles. The topological polar surface area (TPSA) is 108 Å². The molecule has 222 valence electrons. The molecule has 0 radical (unpaired) electrons. The van der Waals surface area contributed by atoms with Gasteiger partial charge in [0.25, 0.3) is 15.9 Å². The average molecular weight is 576 g/mol. The minimum atomic E-state index is -3.87. The Labute approximate surface area is 239 Å². The van der Waals surface area contributed by atoms with Gasteiger partial charge in [-0.25, -0.2) is 8.42 Å². The summed E-state index contributed by atoms with van der Waals surface area (Å²) in [7, 11) is 0.118. The minimum absolute atomic E-state index is 0.0187. The zero-order chi connectivity index (χ0) is 29.4. The Morgan fingerprint density at radius 3 is 2.48 bits per heavy atom. The number of amides is 1. The highest BCUT2D eigenvalue weighted by Gasteiger charge is 2.30. The largest absolute Gasteiger partial charge is 0.490 e. The molecule has 40 heavy (non-hydrogen) atoms. The van der Waals surface area contributed by atoms with Gasteiger partial charge in [0.05, 0.1) is 35.3 Å².